The minimum atomic E-state index is 0.501. The Kier molecular flexibility index (Phi) is 4.63. The first-order valence-corrected chi connectivity index (χ1v) is 6.52. The van der Waals surface area contributed by atoms with E-state index in [4.69, 9.17) is 9.15 Å². The van der Waals surface area contributed by atoms with Crippen LogP contribution in [0.25, 0.3) is 0 Å². The maximum atomic E-state index is 5.67. The van der Waals surface area contributed by atoms with Crippen molar-refractivity contribution < 1.29 is 9.15 Å². The van der Waals surface area contributed by atoms with Crippen LogP contribution in [0.1, 0.15) is 25.2 Å². The first-order chi connectivity index (χ1) is 9.15. The highest BCUT2D eigenvalue weighted by molar-refractivity contribution is 5.18. The number of nitrogens with zero attached hydrogens (tertiary/aromatic N) is 2. The number of hydrogen-bond donors (Lipinski definition) is 1. The lowest BCUT2D eigenvalue weighted by Gasteiger charge is -2.07. The number of hydrogen-bond acceptors (Lipinski definition) is 4. The molecule has 0 aromatic carbocycles. The van der Waals surface area contributed by atoms with Crippen LogP contribution in [0.2, 0.25) is 0 Å². The standard InChI is InChI=1S/C14H21N3O2/c1-11(2)6-15-8-14-12(4-5-18-14)10-19-13-7-16-17(3)9-13/h4-5,7,9,11,15H,6,8,10H2,1-3H3. The Balaban J connectivity index is 1.85. The summed E-state index contributed by atoms with van der Waals surface area (Å²) in [6.07, 6.45) is 5.25. The molecule has 0 aliphatic rings. The largest absolute Gasteiger partial charge is 0.485 e. The van der Waals surface area contributed by atoms with Gasteiger partial charge in [-0.05, 0) is 18.5 Å². The van der Waals surface area contributed by atoms with Gasteiger partial charge in [0, 0.05) is 12.6 Å². The van der Waals surface area contributed by atoms with E-state index in [2.05, 4.69) is 24.3 Å². The number of furan rings is 1. The van der Waals surface area contributed by atoms with Crippen LogP contribution in [0.4, 0.5) is 0 Å². The lowest BCUT2D eigenvalue weighted by molar-refractivity contribution is 0.301. The zero-order valence-electron chi connectivity index (χ0n) is 11.7. The second-order valence-corrected chi connectivity index (χ2v) is 5.03. The summed E-state index contributed by atoms with van der Waals surface area (Å²) in [7, 11) is 1.87. The van der Waals surface area contributed by atoms with Gasteiger partial charge in [-0.25, -0.2) is 0 Å². The molecule has 0 spiro atoms. The van der Waals surface area contributed by atoms with Crippen LogP contribution in [0.15, 0.2) is 29.1 Å². The molecule has 2 heterocycles. The fraction of sp³-hybridized carbons (Fsp3) is 0.500. The quantitative estimate of drug-likeness (QED) is 0.833. The average molecular weight is 263 g/mol. The van der Waals surface area contributed by atoms with Crippen molar-refractivity contribution in [2.24, 2.45) is 13.0 Å². The summed E-state index contributed by atoms with van der Waals surface area (Å²) < 4.78 is 12.9. The van der Waals surface area contributed by atoms with Crippen LogP contribution in [0.5, 0.6) is 5.75 Å². The van der Waals surface area contributed by atoms with E-state index in [1.807, 2.05) is 19.3 Å². The van der Waals surface area contributed by atoms with Crippen molar-refractivity contribution in [1.29, 1.82) is 0 Å². The molecule has 2 aromatic heterocycles. The predicted molar refractivity (Wildman–Crippen MR) is 72.8 cm³/mol. The van der Waals surface area contributed by atoms with Crippen LogP contribution in [0.3, 0.4) is 0 Å². The van der Waals surface area contributed by atoms with Gasteiger partial charge in [-0.3, -0.25) is 4.68 Å². The maximum Gasteiger partial charge on any atom is 0.157 e. The van der Waals surface area contributed by atoms with E-state index in [9.17, 15) is 0 Å². The van der Waals surface area contributed by atoms with Gasteiger partial charge < -0.3 is 14.5 Å². The Labute approximate surface area is 113 Å². The molecule has 5 heteroatoms. The van der Waals surface area contributed by atoms with E-state index in [0.717, 1.165) is 30.2 Å². The van der Waals surface area contributed by atoms with Crippen molar-refractivity contribution in [2.75, 3.05) is 6.54 Å². The Bertz CT molecular complexity index is 502. The van der Waals surface area contributed by atoms with E-state index in [1.165, 1.54) is 0 Å². The Morgan fingerprint density at radius 3 is 3.00 bits per heavy atom. The smallest absolute Gasteiger partial charge is 0.157 e. The fourth-order valence-electron chi connectivity index (χ4n) is 1.76. The first kappa shape index (κ1) is 13.7. The molecule has 0 amide bonds. The monoisotopic (exact) mass is 263 g/mol. The zero-order valence-corrected chi connectivity index (χ0v) is 11.7. The molecule has 2 rings (SSSR count). The van der Waals surface area contributed by atoms with E-state index in [1.54, 1.807) is 17.1 Å². The van der Waals surface area contributed by atoms with Gasteiger partial charge in [0.1, 0.15) is 12.4 Å². The molecule has 2 aromatic rings. The molecular weight excluding hydrogens is 242 g/mol. The van der Waals surface area contributed by atoms with Crippen molar-refractivity contribution in [1.82, 2.24) is 15.1 Å². The second-order valence-electron chi connectivity index (χ2n) is 5.03. The van der Waals surface area contributed by atoms with Crippen molar-refractivity contribution in [3.63, 3.8) is 0 Å². The number of aromatic nitrogens is 2. The highest BCUT2D eigenvalue weighted by atomic mass is 16.5. The highest BCUT2D eigenvalue weighted by Crippen LogP contribution is 2.15. The van der Waals surface area contributed by atoms with Gasteiger partial charge >= 0.3 is 0 Å². The van der Waals surface area contributed by atoms with Crippen LogP contribution in [0, 0.1) is 5.92 Å². The Hall–Kier alpha value is -1.75. The average Bonchev–Trinajstić information content (AvgIpc) is 2.95. The van der Waals surface area contributed by atoms with Gasteiger partial charge in [0.15, 0.2) is 5.75 Å². The summed E-state index contributed by atoms with van der Waals surface area (Å²) >= 11 is 0. The van der Waals surface area contributed by atoms with Crippen molar-refractivity contribution in [3.8, 4) is 5.75 Å². The van der Waals surface area contributed by atoms with Crippen LogP contribution < -0.4 is 10.1 Å². The van der Waals surface area contributed by atoms with Gasteiger partial charge in [0.2, 0.25) is 0 Å². The SMILES string of the molecule is CC(C)CNCc1occc1COc1cnn(C)c1. The summed E-state index contributed by atoms with van der Waals surface area (Å²) in [6.45, 7) is 6.57. The maximum absolute atomic E-state index is 5.67. The molecular formula is C14H21N3O2. The topological polar surface area (TPSA) is 52.2 Å². The lowest BCUT2D eigenvalue weighted by atomic mass is 10.2. The molecule has 0 aliphatic heterocycles. The summed E-state index contributed by atoms with van der Waals surface area (Å²) in [5, 5.41) is 7.43. The third kappa shape index (κ3) is 4.13. The Morgan fingerprint density at radius 1 is 1.47 bits per heavy atom. The molecule has 0 saturated carbocycles. The van der Waals surface area contributed by atoms with Crippen LogP contribution in [-0.2, 0) is 20.2 Å². The molecule has 5 nitrogen and oxygen atoms in total. The molecule has 0 aliphatic carbocycles. The molecule has 0 fully saturated rings. The summed E-state index contributed by atoms with van der Waals surface area (Å²) in [4.78, 5) is 0. The highest BCUT2D eigenvalue weighted by Gasteiger charge is 2.07. The van der Waals surface area contributed by atoms with E-state index >= 15 is 0 Å². The molecule has 0 saturated heterocycles. The van der Waals surface area contributed by atoms with E-state index < -0.39 is 0 Å². The minimum absolute atomic E-state index is 0.501. The van der Waals surface area contributed by atoms with E-state index in [-0.39, 0.29) is 0 Å². The normalized spacial score (nSPS) is 11.2. The lowest BCUT2D eigenvalue weighted by Crippen LogP contribution is -2.19. The first-order valence-electron chi connectivity index (χ1n) is 6.52. The molecule has 0 unspecified atom stereocenters. The molecule has 0 atom stereocenters. The summed E-state index contributed by atoms with van der Waals surface area (Å²) in [5.41, 5.74) is 1.07. The molecule has 104 valence electrons. The van der Waals surface area contributed by atoms with Gasteiger partial charge in [-0.15, -0.1) is 0 Å². The fourth-order valence-corrected chi connectivity index (χ4v) is 1.76. The molecule has 19 heavy (non-hydrogen) atoms. The third-order valence-corrected chi connectivity index (χ3v) is 2.75. The summed E-state index contributed by atoms with van der Waals surface area (Å²) in [6, 6.07) is 1.95. The molecule has 1 N–H and O–H groups in total. The number of ether oxygens (including phenoxy) is 1. The number of nitrogens with one attached hydrogen (secondary N) is 1. The van der Waals surface area contributed by atoms with Gasteiger partial charge in [-0.2, -0.15) is 5.10 Å². The molecule has 0 radical (unpaired) electrons. The number of rotatable bonds is 7. The van der Waals surface area contributed by atoms with E-state index in [0.29, 0.717) is 12.5 Å². The van der Waals surface area contributed by atoms with Gasteiger partial charge in [-0.1, -0.05) is 13.8 Å². The minimum Gasteiger partial charge on any atom is -0.485 e. The van der Waals surface area contributed by atoms with Crippen molar-refractivity contribution in [2.45, 2.75) is 27.0 Å². The number of aryl methyl sites for hydroxylation is 1. The third-order valence-electron chi connectivity index (χ3n) is 2.75. The van der Waals surface area contributed by atoms with Crippen molar-refractivity contribution in [3.05, 3.63) is 36.0 Å². The molecule has 0 bridgehead atoms. The van der Waals surface area contributed by atoms with Gasteiger partial charge in [0.05, 0.1) is 25.2 Å². The second kappa shape index (κ2) is 6.43. The summed E-state index contributed by atoms with van der Waals surface area (Å²) in [5.74, 6) is 2.33. The van der Waals surface area contributed by atoms with Gasteiger partial charge in [0.25, 0.3) is 0 Å². The predicted octanol–water partition coefficient (Wildman–Crippen LogP) is 2.34. The zero-order chi connectivity index (χ0) is 13.7. The van der Waals surface area contributed by atoms with Crippen LogP contribution in [-0.4, -0.2) is 16.3 Å². The van der Waals surface area contributed by atoms with Crippen molar-refractivity contribution >= 4 is 0 Å². The Morgan fingerprint density at radius 2 is 2.32 bits per heavy atom. The van der Waals surface area contributed by atoms with Crippen LogP contribution >= 0.6 is 0 Å².